The summed E-state index contributed by atoms with van der Waals surface area (Å²) in [5, 5.41) is 11.1. The van der Waals surface area contributed by atoms with Crippen molar-refractivity contribution in [1.29, 1.82) is 0 Å². The lowest BCUT2D eigenvalue weighted by molar-refractivity contribution is -0.384. The maximum absolute atomic E-state index is 11.1. The van der Waals surface area contributed by atoms with Crippen LogP contribution in [0.3, 0.4) is 0 Å². The molecule has 0 aliphatic carbocycles. The number of nitro groups is 1. The Kier molecular flexibility index (Phi) is 3.35. The Bertz CT molecular complexity index is 687. The molecule has 0 fully saturated rings. The van der Waals surface area contributed by atoms with Crippen LogP contribution in [0.2, 0.25) is 0 Å². The molecule has 0 aromatic heterocycles. The van der Waals surface area contributed by atoms with Gasteiger partial charge >= 0.3 is 0 Å². The lowest BCUT2D eigenvalue weighted by Gasteiger charge is -2.30. The normalized spacial score (nSPS) is 13.3. The molecule has 0 bridgehead atoms. The lowest BCUT2D eigenvalue weighted by Crippen LogP contribution is -2.32. The van der Waals surface area contributed by atoms with Crippen LogP contribution in [0.1, 0.15) is 5.56 Å². The zero-order valence-electron chi connectivity index (χ0n) is 11.5. The minimum absolute atomic E-state index is 0.0763. The Morgan fingerprint density at radius 2 is 2.10 bits per heavy atom. The highest BCUT2D eigenvalue weighted by Gasteiger charge is 2.24. The Hall–Kier alpha value is -2.76. The molecule has 1 heterocycles. The third-order valence-corrected chi connectivity index (χ3v) is 3.42. The highest BCUT2D eigenvalue weighted by Crippen LogP contribution is 2.34. The Labute approximate surface area is 121 Å². The summed E-state index contributed by atoms with van der Waals surface area (Å²) in [6.45, 7) is 0.821. The van der Waals surface area contributed by atoms with Crippen molar-refractivity contribution in [3.63, 3.8) is 0 Å². The fourth-order valence-corrected chi connectivity index (χ4v) is 2.39. The molecule has 0 radical (unpaired) electrons. The van der Waals surface area contributed by atoms with E-state index in [0.29, 0.717) is 12.2 Å². The van der Waals surface area contributed by atoms with Crippen LogP contribution >= 0.6 is 0 Å². The summed E-state index contributed by atoms with van der Waals surface area (Å²) in [4.78, 5) is 12.6. The van der Waals surface area contributed by atoms with Crippen LogP contribution in [-0.4, -0.2) is 18.8 Å². The lowest BCUT2D eigenvalue weighted by atomic mass is 10.1. The highest BCUT2D eigenvalue weighted by molar-refractivity contribution is 5.64. The number of para-hydroxylation sites is 2. The molecule has 2 aromatic carbocycles. The molecule has 0 atom stereocenters. The summed E-state index contributed by atoms with van der Waals surface area (Å²) in [6.07, 6.45) is 0. The summed E-state index contributed by atoms with van der Waals surface area (Å²) in [5.41, 5.74) is 1.57. The number of methoxy groups -OCH3 is 1. The molecule has 3 rings (SSSR count). The third-order valence-electron chi connectivity index (χ3n) is 3.42. The van der Waals surface area contributed by atoms with Gasteiger partial charge in [-0.05, 0) is 24.3 Å². The van der Waals surface area contributed by atoms with Gasteiger partial charge in [0.25, 0.3) is 5.69 Å². The molecule has 0 saturated carbocycles. The molecular weight excluding hydrogens is 272 g/mol. The van der Waals surface area contributed by atoms with Crippen LogP contribution in [0.15, 0.2) is 42.5 Å². The third kappa shape index (κ3) is 2.47. The number of hydrogen-bond acceptors (Lipinski definition) is 5. The van der Waals surface area contributed by atoms with Gasteiger partial charge in [-0.15, -0.1) is 0 Å². The molecule has 1 aliphatic heterocycles. The molecule has 0 unspecified atom stereocenters. The maximum Gasteiger partial charge on any atom is 0.292 e. The van der Waals surface area contributed by atoms with Gasteiger partial charge in [0.15, 0.2) is 6.73 Å². The molecular formula is C15H14N2O4. The van der Waals surface area contributed by atoms with Crippen LogP contribution in [0.4, 0.5) is 11.4 Å². The van der Waals surface area contributed by atoms with Crippen LogP contribution in [0.5, 0.6) is 11.5 Å². The fraction of sp³-hybridized carbons (Fsp3) is 0.200. The highest BCUT2D eigenvalue weighted by atomic mass is 16.6. The van der Waals surface area contributed by atoms with Gasteiger partial charge in [0.2, 0.25) is 0 Å². The molecule has 0 saturated heterocycles. The maximum atomic E-state index is 11.1. The van der Waals surface area contributed by atoms with E-state index in [1.807, 2.05) is 23.1 Å². The second kappa shape index (κ2) is 5.32. The largest absolute Gasteiger partial charge is 0.497 e. The van der Waals surface area contributed by atoms with Crippen molar-refractivity contribution in [3.8, 4) is 11.5 Å². The van der Waals surface area contributed by atoms with Crippen LogP contribution < -0.4 is 14.4 Å². The van der Waals surface area contributed by atoms with Gasteiger partial charge in [-0.3, -0.25) is 10.1 Å². The first kappa shape index (κ1) is 13.2. The van der Waals surface area contributed by atoms with Crippen molar-refractivity contribution in [1.82, 2.24) is 0 Å². The van der Waals surface area contributed by atoms with Crippen LogP contribution in [-0.2, 0) is 6.54 Å². The average molecular weight is 286 g/mol. The number of nitrogens with zero attached hydrogens (tertiary/aromatic N) is 2. The van der Waals surface area contributed by atoms with Gasteiger partial charge in [-0.1, -0.05) is 12.1 Å². The van der Waals surface area contributed by atoms with Gasteiger partial charge in [0, 0.05) is 11.6 Å². The van der Waals surface area contributed by atoms with Gasteiger partial charge < -0.3 is 14.4 Å². The van der Waals surface area contributed by atoms with Crippen molar-refractivity contribution in [2.24, 2.45) is 0 Å². The standard InChI is InChI=1S/C15H14N2O4/c1-20-12-6-7-15-11(8-12)9-16(10-21-15)13-4-2-3-5-14(13)17(18)19/h2-8H,9-10H2,1H3. The molecule has 0 N–H and O–H groups in total. The zero-order valence-corrected chi connectivity index (χ0v) is 11.5. The first-order valence-corrected chi connectivity index (χ1v) is 6.47. The molecule has 108 valence electrons. The molecule has 21 heavy (non-hydrogen) atoms. The van der Waals surface area contributed by atoms with Crippen molar-refractivity contribution in [2.45, 2.75) is 6.54 Å². The minimum atomic E-state index is -0.379. The van der Waals surface area contributed by atoms with E-state index in [9.17, 15) is 10.1 Å². The monoisotopic (exact) mass is 286 g/mol. The first-order chi connectivity index (χ1) is 10.2. The first-order valence-electron chi connectivity index (χ1n) is 6.47. The topological polar surface area (TPSA) is 64.8 Å². The Balaban J connectivity index is 1.94. The number of nitro benzene ring substituents is 1. The summed E-state index contributed by atoms with van der Waals surface area (Å²) in [7, 11) is 1.60. The average Bonchev–Trinajstić information content (AvgIpc) is 2.53. The molecule has 6 nitrogen and oxygen atoms in total. The predicted molar refractivity (Wildman–Crippen MR) is 77.8 cm³/mol. The SMILES string of the molecule is COc1ccc2c(c1)CN(c1ccccc1[N+](=O)[O-])CO2. The van der Waals surface area contributed by atoms with E-state index in [0.717, 1.165) is 17.1 Å². The number of rotatable bonds is 3. The van der Waals surface area contributed by atoms with E-state index in [1.165, 1.54) is 6.07 Å². The zero-order chi connectivity index (χ0) is 14.8. The number of ether oxygens (including phenoxy) is 2. The number of benzene rings is 2. The minimum Gasteiger partial charge on any atom is -0.497 e. The van der Waals surface area contributed by atoms with Gasteiger partial charge in [0.1, 0.15) is 17.2 Å². The molecule has 1 aliphatic rings. The van der Waals surface area contributed by atoms with E-state index in [-0.39, 0.29) is 17.3 Å². The van der Waals surface area contributed by atoms with E-state index < -0.39 is 0 Å². The molecule has 6 heteroatoms. The van der Waals surface area contributed by atoms with Crippen LogP contribution in [0.25, 0.3) is 0 Å². The number of fused-ring (bicyclic) bond motifs is 1. The summed E-state index contributed by atoms with van der Waals surface area (Å²) in [6, 6.07) is 12.2. The van der Waals surface area contributed by atoms with Crippen molar-refractivity contribution in [2.75, 3.05) is 18.7 Å². The molecule has 0 amide bonds. The smallest absolute Gasteiger partial charge is 0.292 e. The fourth-order valence-electron chi connectivity index (χ4n) is 2.39. The van der Waals surface area contributed by atoms with E-state index in [2.05, 4.69) is 0 Å². The van der Waals surface area contributed by atoms with Crippen molar-refractivity contribution >= 4 is 11.4 Å². The number of hydrogen-bond donors (Lipinski definition) is 0. The molecule has 2 aromatic rings. The van der Waals surface area contributed by atoms with Crippen LogP contribution in [0, 0.1) is 10.1 Å². The second-order valence-corrected chi connectivity index (χ2v) is 4.69. The second-order valence-electron chi connectivity index (χ2n) is 4.69. The van der Waals surface area contributed by atoms with Gasteiger partial charge in [0.05, 0.1) is 18.6 Å². The Morgan fingerprint density at radius 3 is 2.86 bits per heavy atom. The van der Waals surface area contributed by atoms with Gasteiger partial charge in [-0.2, -0.15) is 0 Å². The predicted octanol–water partition coefficient (Wildman–Crippen LogP) is 2.96. The summed E-state index contributed by atoms with van der Waals surface area (Å²) >= 11 is 0. The van der Waals surface area contributed by atoms with Crippen molar-refractivity contribution < 1.29 is 14.4 Å². The van der Waals surface area contributed by atoms with Gasteiger partial charge in [-0.25, -0.2) is 0 Å². The summed E-state index contributed by atoms with van der Waals surface area (Å²) in [5.74, 6) is 1.52. The van der Waals surface area contributed by atoms with E-state index in [4.69, 9.17) is 9.47 Å². The quantitative estimate of drug-likeness (QED) is 0.641. The Morgan fingerprint density at radius 1 is 1.29 bits per heavy atom. The molecule has 0 spiro atoms. The van der Waals surface area contributed by atoms with Crippen molar-refractivity contribution in [3.05, 3.63) is 58.1 Å². The van der Waals surface area contributed by atoms with E-state index in [1.54, 1.807) is 25.3 Å². The summed E-state index contributed by atoms with van der Waals surface area (Å²) < 4.78 is 10.9. The number of anilines is 1. The van der Waals surface area contributed by atoms with E-state index >= 15 is 0 Å².